The van der Waals surface area contributed by atoms with Crippen LogP contribution in [-0.2, 0) is 16.4 Å². The lowest BCUT2D eigenvalue weighted by molar-refractivity contribution is 0.594. The van der Waals surface area contributed by atoms with Crippen LogP contribution in [-0.4, -0.2) is 33.7 Å². The predicted octanol–water partition coefficient (Wildman–Crippen LogP) is 3.86. The third kappa shape index (κ3) is 7.42. The molecule has 0 aliphatic heterocycles. The maximum atomic E-state index is 12.3. The zero-order valence-corrected chi connectivity index (χ0v) is 19.6. The van der Waals surface area contributed by atoms with E-state index in [1.54, 1.807) is 31.3 Å². The van der Waals surface area contributed by atoms with Gasteiger partial charge in [0.25, 0.3) is 0 Å². The number of nitrogens with zero attached hydrogens (tertiary/aromatic N) is 1. The molecule has 2 rings (SSSR count). The van der Waals surface area contributed by atoms with Gasteiger partial charge in [0.2, 0.25) is 0 Å². The molecule has 2 N–H and O–H groups in total. The number of sulfone groups is 1. The quantitative estimate of drug-likeness (QED) is 0.314. The van der Waals surface area contributed by atoms with Gasteiger partial charge in [-0.25, -0.2) is 8.42 Å². The van der Waals surface area contributed by atoms with Gasteiger partial charge in [0.05, 0.1) is 10.6 Å². The number of aliphatic imine (C=N–C) groups is 1. The third-order valence-electron chi connectivity index (χ3n) is 3.41. The summed E-state index contributed by atoms with van der Waals surface area (Å²) in [5, 5.41) is 6.80. The molecule has 0 heterocycles. The number of guanidine groups is 1. The Morgan fingerprint density at radius 1 is 1.15 bits per heavy atom. The maximum absolute atomic E-state index is 12.3. The van der Waals surface area contributed by atoms with Gasteiger partial charge >= 0.3 is 0 Å². The minimum atomic E-state index is -3.34. The van der Waals surface area contributed by atoms with Crippen LogP contribution in [0.5, 0.6) is 0 Å². The summed E-state index contributed by atoms with van der Waals surface area (Å²) in [6, 6.07) is 14.1. The van der Waals surface area contributed by atoms with Gasteiger partial charge in [-0.2, -0.15) is 0 Å². The van der Waals surface area contributed by atoms with E-state index in [-0.39, 0.29) is 36.3 Å². The number of benzene rings is 2. The SMILES string of the molecule is CN=C(NCCS(=O)(=O)c1ccc(Br)cc1)NCc1cccc(Cl)c1.I. The molecule has 5 nitrogen and oxygen atoms in total. The first-order chi connectivity index (χ1) is 11.9. The number of hydrogen-bond donors (Lipinski definition) is 2. The number of nitrogens with one attached hydrogen (secondary N) is 2. The molecule has 0 saturated carbocycles. The highest BCUT2D eigenvalue weighted by molar-refractivity contribution is 14.0. The molecule has 0 atom stereocenters. The van der Waals surface area contributed by atoms with E-state index in [0.29, 0.717) is 22.4 Å². The lowest BCUT2D eigenvalue weighted by atomic mass is 10.2. The van der Waals surface area contributed by atoms with Gasteiger partial charge in [-0.1, -0.05) is 39.7 Å². The van der Waals surface area contributed by atoms with E-state index >= 15 is 0 Å². The minimum absolute atomic E-state index is 0. The molecule has 0 unspecified atom stereocenters. The van der Waals surface area contributed by atoms with Crippen molar-refractivity contribution in [2.75, 3.05) is 19.3 Å². The summed E-state index contributed by atoms with van der Waals surface area (Å²) in [6.45, 7) is 0.799. The second-order valence-corrected chi connectivity index (χ2v) is 8.72. The maximum Gasteiger partial charge on any atom is 0.191 e. The van der Waals surface area contributed by atoms with Crippen LogP contribution in [0, 0.1) is 0 Å². The van der Waals surface area contributed by atoms with Crippen LogP contribution >= 0.6 is 51.5 Å². The Kier molecular flexibility index (Phi) is 9.91. The smallest absolute Gasteiger partial charge is 0.191 e. The first-order valence-corrected chi connectivity index (χ1v) is 10.4. The van der Waals surface area contributed by atoms with Crippen molar-refractivity contribution in [3.8, 4) is 0 Å². The van der Waals surface area contributed by atoms with Gasteiger partial charge in [0.15, 0.2) is 15.8 Å². The van der Waals surface area contributed by atoms with E-state index < -0.39 is 9.84 Å². The van der Waals surface area contributed by atoms with Gasteiger partial charge < -0.3 is 10.6 Å². The monoisotopic (exact) mass is 571 g/mol. The molecule has 0 saturated heterocycles. The Morgan fingerprint density at radius 2 is 1.85 bits per heavy atom. The highest BCUT2D eigenvalue weighted by atomic mass is 127. The molecular weight excluding hydrogens is 553 g/mol. The molecule has 0 aromatic heterocycles. The Labute approximate surface area is 184 Å². The summed E-state index contributed by atoms with van der Waals surface area (Å²) >= 11 is 9.25. The molecule has 26 heavy (non-hydrogen) atoms. The summed E-state index contributed by atoms with van der Waals surface area (Å²) in [5.41, 5.74) is 1.01. The molecule has 0 amide bonds. The summed E-state index contributed by atoms with van der Waals surface area (Å²) in [7, 11) is -1.70. The van der Waals surface area contributed by atoms with Crippen LogP contribution in [0.2, 0.25) is 5.02 Å². The molecule has 0 spiro atoms. The van der Waals surface area contributed by atoms with Crippen molar-refractivity contribution in [3.05, 3.63) is 63.6 Å². The second-order valence-electron chi connectivity index (χ2n) is 5.26. The minimum Gasteiger partial charge on any atom is -0.355 e. The van der Waals surface area contributed by atoms with Crippen LogP contribution in [0.1, 0.15) is 5.56 Å². The van der Waals surface area contributed by atoms with Crippen molar-refractivity contribution in [2.45, 2.75) is 11.4 Å². The van der Waals surface area contributed by atoms with Crippen molar-refractivity contribution >= 4 is 67.3 Å². The van der Waals surface area contributed by atoms with Crippen LogP contribution in [0.15, 0.2) is 62.9 Å². The van der Waals surface area contributed by atoms with E-state index in [2.05, 4.69) is 31.6 Å². The fourth-order valence-electron chi connectivity index (χ4n) is 2.12. The van der Waals surface area contributed by atoms with Crippen LogP contribution in [0.4, 0.5) is 0 Å². The lowest BCUT2D eigenvalue weighted by Gasteiger charge is -2.12. The van der Waals surface area contributed by atoms with Crippen LogP contribution < -0.4 is 10.6 Å². The Morgan fingerprint density at radius 3 is 2.46 bits per heavy atom. The molecule has 0 bridgehead atoms. The van der Waals surface area contributed by atoms with Crippen molar-refractivity contribution in [3.63, 3.8) is 0 Å². The molecule has 142 valence electrons. The zero-order valence-electron chi connectivity index (χ0n) is 14.1. The molecule has 0 fully saturated rings. The second kappa shape index (κ2) is 11.1. The average Bonchev–Trinajstić information content (AvgIpc) is 2.58. The van der Waals surface area contributed by atoms with Crippen molar-refractivity contribution in [1.29, 1.82) is 0 Å². The van der Waals surface area contributed by atoms with Crippen molar-refractivity contribution in [1.82, 2.24) is 10.6 Å². The first-order valence-electron chi connectivity index (χ1n) is 7.58. The van der Waals surface area contributed by atoms with Crippen molar-refractivity contribution < 1.29 is 8.42 Å². The van der Waals surface area contributed by atoms with Crippen LogP contribution in [0.3, 0.4) is 0 Å². The molecule has 2 aromatic rings. The summed E-state index contributed by atoms with van der Waals surface area (Å²) in [4.78, 5) is 4.39. The number of rotatable bonds is 6. The van der Waals surface area contributed by atoms with Gasteiger partial charge in [0, 0.05) is 29.6 Å². The Balaban J connectivity index is 0.00000338. The van der Waals surface area contributed by atoms with Gasteiger partial charge in [-0.05, 0) is 42.0 Å². The molecule has 0 aliphatic carbocycles. The van der Waals surface area contributed by atoms with Crippen molar-refractivity contribution in [2.24, 2.45) is 4.99 Å². The summed E-state index contributed by atoms with van der Waals surface area (Å²) in [5.74, 6) is 0.512. The van der Waals surface area contributed by atoms with Gasteiger partial charge in [-0.3, -0.25) is 4.99 Å². The third-order valence-corrected chi connectivity index (χ3v) is 5.90. The lowest BCUT2D eigenvalue weighted by Crippen LogP contribution is -2.39. The topological polar surface area (TPSA) is 70.6 Å². The Hall–Kier alpha value is -0.840. The molecular formula is C17H20BrClIN3O2S. The molecule has 9 heteroatoms. The summed E-state index contributed by atoms with van der Waals surface area (Å²) < 4.78 is 25.4. The Bertz CT molecular complexity index is 845. The molecule has 2 aromatic carbocycles. The first kappa shape index (κ1) is 23.2. The van der Waals surface area contributed by atoms with E-state index in [9.17, 15) is 8.42 Å². The standard InChI is InChI=1S/C17H19BrClN3O2S.HI/c1-20-17(22-12-13-3-2-4-15(19)11-13)21-9-10-25(23,24)16-7-5-14(18)6-8-16;/h2-8,11H,9-10,12H2,1H3,(H2,20,21,22);1H. The predicted molar refractivity (Wildman–Crippen MR) is 121 cm³/mol. The number of hydrogen-bond acceptors (Lipinski definition) is 3. The van der Waals surface area contributed by atoms with E-state index in [1.807, 2.05) is 24.3 Å². The molecule has 0 radical (unpaired) electrons. The van der Waals surface area contributed by atoms with E-state index in [1.165, 1.54) is 0 Å². The van der Waals surface area contributed by atoms with Gasteiger partial charge in [-0.15, -0.1) is 24.0 Å². The van der Waals surface area contributed by atoms with Crippen LogP contribution in [0.25, 0.3) is 0 Å². The fourth-order valence-corrected chi connectivity index (χ4v) is 3.75. The van der Waals surface area contributed by atoms with E-state index in [0.717, 1.165) is 10.0 Å². The number of halogens is 3. The highest BCUT2D eigenvalue weighted by Gasteiger charge is 2.14. The zero-order chi connectivity index (χ0) is 18.3. The summed E-state index contributed by atoms with van der Waals surface area (Å²) in [6.07, 6.45) is 0. The fraction of sp³-hybridized carbons (Fsp3) is 0.235. The average molecular weight is 573 g/mol. The van der Waals surface area contributed by atoms with Gasteiger partial charge in [0.1, 0.15) is 0 Å². The highest BCUT2D eigenvalue weighted by Crippen LogP contribution is 2.15. The van der Waals surface area contributed by atoms with E-state index in [4.69, 9.17) is 11.6 Å². The normalized spacial score (nSPS) is 11.6. The largest absolute Gasteiger partial charge is 0.355 e. The molecule has 0 aliphatic rings.